The average Bonchev–Trinajstić information content (AvgIpc) is 3.78. The van der Waals surface area contributed by atoms with Crippen molar-refractivity contribution in [3.63, 3.8) is 0 Å². The van der Waals surface area contributed by atoms with Gasteiger partial charge in [0.15, 0.2) is 11.9 Å². The Balaban J connectivity index is 1.46. The van der Waals surface area contributed by atoms with Crippen LogP contribution in [-0.2, 0) is 21.8 Å². The lowest BCUT2D eigenvalue weighted by Crippen LogP contribution is -2.50. The van der Waals surface area contributed by atoms with Gasteiger partial charge in [-0.2, -0.15) is 10.2 Å². The Bertz CT molecular complexity index is 2400. The number of aromatic nitrogens is 6. The number of hydrogen-bond donors (Lipinski definition) is 2. The highest BCUT2D eigenvalue weighted by Crippen LogP contribution is 2.47. The van der Waals surface area contributed by atoms with Gasteiger partial charge in [-0.25, -0.2) is 22.2 Å². The molecule has 2 aromatic carbocycles. The molecular formula is C37H40N8O5S. The first kappa shape index (κ1) is 34.0. The van der Waals surface area contributed by atoms with E-state index in [-0.39, 0.29) is 34.2 Å². The van der Waals surface area contributed by atoms with Gasteiger partial charge in [-0.05, 0) is 77.3 Å². The topological polar surface area (TPSA) is 155 Å². The van der Waals surface area contributed by atoms with E-state index in [0.29, 0.717) is 46.3 Å². The van der Waals surface area contributed by atoms with Gasteiger partial charge in [-0.3, -0.25) is 14.2 Å². The molecule has 264 valence electrons. The van der Waals surface area contributed by atoms with Crippen molar-refractivity contribution in [1.82, 2.24) is 33.8 Å². The first-order valence-electron chi connectivity index (χ1n) is 16.8. The van der Waals surface area contributed by atoms with Crippen molar-refractivity contribution in [1.29, 1.82) is 0 Å². The van der Waals surface area contributed by atoms with Crippen molar-refractivity contribution in [3.05, 3.63) is 78.9 Å². The van der Waals surface area contributed by atoms with E-state index in [0.717, 1.165) is 17.2 Å². The lowest BCUT2D eigenvalue weighted by molar-refractivity contribution is 0.0475. The molecule has 4 heterocycles. The van der Waals surface area contributed by atoms with E-state index in [1.807, 2.05) is 43.7 Å². The number of anilines is 1. The zero-order chi connectivity index (χ0) is 36.2. The van der Waals surface area contributed by atoms with Gasteiger partial charge in [0.25, 0.3) is 10.0 Å². The number of benzene rings is 2. The third-order valence-electron chi connectivity index (χ3n) is 8.94. The van der Waals surface area contributed by atoms with Crippen LogP contribution in [-0.4, -0.2) is 67.0 Å². The number of aryl methyl sites for hydroxylation is 1. The summed E-state index contributed by atoms with van der Waals surface area (Å²) in [6, 6.07) is 14.0. The molecule has 0 saturated heterocycles. The van der Waals surface area contributed by atoms with Crippen LogP contribution in [0.4, 0.5) is 10.5 Å². The monoisotopic (exact) mass is 708 g/mol. The summed E-state index contributed by atoms with van der Waals surface area (Å²) in [4.78, 5) is 29.9. The number of alkyl carbamates (subject to hydrolysis) is 1. The summed E-state index contributed by atoms with van der Waals surface area (Å²) in [5, 5.41) is 16.8. The van der Waals surface area contributed by atoms with Gasteiger partial charge >= 0.3 is 6.09 Å². The Labute approximate surface area is 295 Å². The minimum absolute atomic E-state index is 0.0816. The lowest BCUT2D eigenvalue weighted by atomic mass is 9.86. The van der Waals surface area contributed by atoms with Crippen LogP contribution in [0.2, 0.25) is 0 Å². The number of fused-ring (bicyclic) bond motifs is 2. The number of aldehydes is 1. The summed E-state index contributed by atoms with van der Waals surface area (Å²) in [6.45, 7) is 9.54. The Morgan fingerprint density at radius 2 is 1.75 bits per heavy atom. The molecule has 1 aliphatic rings. The zero-order valence-electron chi connectivity index (χ0n) is 29.3. The lowest BCUT2D eigenvalue weighted by Gasteiger charge is -2.37. The van der Waals surface area contributed by atoms with Crippen LogP contribution in [0.15, 0.2) is 78.2 Å². The van der Waals surface area contributed by atoms with Gasteiger partial charge in [0.1, 0.15) is 5.60 Å². The molecule has 1 fully saturated rings. The third kappa shape index (κ3) is 6.24. The van der Waals surface area contributed by atoms with Gasteiger partial charge < -0.3 is 15.4 Å². The minimum atomic E-state index is -4.24. The highest BCUT2D eigenvalue weighted by molar-refractivity contribution is 7.90. The highest BCUT2D eigenvalue weighted by Gasteiger charge is 2.36. The Morgan fingerprint density at radius 1 is 1.00 bits per heavy atom. The number of hydrogen-bond acceptors (Lipinski definition) is 9. The fourth-order valence-electron chi connectivity index (χ4n) is 6.65. The van der Waals surface area contributed by atoms with Gasteiger partial charge in [0, 0.05) is 54.1 Å². The molecule has 0 aliphatic heterocycles. The van der Waals surface area contributed by atoms with E-state index < -0.39 is 21.7 Å². The Morgan fingerprint density at radius 3 is 2.39 bits per heavy atom. The van der Waals surface area contributed by atoms with E-state index in [1.54, 1.807) is 60.7 Å². The fraction of sp³-hybridized carbons (Fsp3) is 0.324. The normalized spacial score (nSPS) is 16.4. The summed E-state index contributed by atoms with van der Waals surface area (Å²) < 4.78 is 39.7. The van der Waals surface area contributed by atoms with E-state index in [4.69, 9.17) is 4.74 Å². The zero-order valence-corrected chi connectivity index (χ0v) is 30.1. The highest BCUT2D eigenvalue weighted by atomic mass is 32.2. The fourth-order valence-corrected chi connectivity index (χ4v) is 8.16. The smallest absolute Gasteiger partial charge is 0.407 e. The molecular weight excluding hydrogens is 669 g/mol. The van der Waals surface area contributed by atoms with Gasteiger partial charge in [0.2, 0.25) is 0 Å². The summed E-state index contributed by atoms with van der Waals surface area (Å²) in [5.74, 6) is 0. The van der Waals surface area contributed by atoms with Crippen molar-refractivity contribution in [2.75, 3.05) is 5.32 Å². The summed E-state index contributed by atoms with van der Waals surface area (Å²) in [6.07, 6.45) is 7.93. The second kappa shape index (κ2) is 12.7. The molecule has 13 nitrogen and oxygen atoms in total. The molecule has 0 unspecified atom stereocenters. The number of ether oxygens (including phenoxy) is 1. The summed E-state index contributed by atoms with van der Waals surface area (Å²) in [5.41, 5.74) is 3.37. The number of carbonyl (C=O) groups excluding carboxylic acids is 2. The van der Waals surface area contributed by atoms with E-state index in [1.165, 1.54) is 10.2 Å². The third-order valence-corrected chi connectivity index (χ3v) is 10.6. The van der Waals surface area contributed by atoms with Crippen LogP contribution in [0.25, 0.3) is 44.3 Å². The molecule has 1 saturated carbocycles. The van der Waals surface area contributed by atoms with Crippen LogP contribution in [0.1, 0.15) is 63.9 Å². The van der Waals surface area contributed by atoms with Gasteiger partial charge in [-0.15, -0.1) is 0 Å². The molecule has 0 atom stereocenters. The summed E-state index contributed by atoms with van der Waals surface area (Å²) >= 11 is 0. The number of nitrogens with zero attached hydrogens (tertiary/aromatic N) is 6. The molecule has 0 spiro atoms. The second-order valence-corrected chi connectivity index (χ2v) is 16.0. The first-order chi connectivity index (χ1) is 24.2. The predicted octanol–water partition coefficient (Wildman–Crippen LogP) is 6.55. The van der Waals surface area contributed by atoms with Crippen LogP contribution in [0.5, 0.6) is 0 Å². The second-order valence-electron chi connectivity index (χ2n) is 14.2. The average molecular weight is 709 g/mol. The molecule has 14 heteroatoms. The number of nitrogens with one attached hydrogen (secondary N) is 2. The van der Waals surface area contributed by atoms with Crippen molar-refractivity contribution >= 4 is 50.0 Å². The number of carbonyl (C=O) groups is 2. The molecule has 6 aromatic rings. The van der Waals surface area contributed by atoms with E-state index in [2.05, 4.69) is 39.7 Å². The molecule has 1 aliphatic carbocycles. The quantitative estimate of drug-likeness (QED) is 0.159. The van der Waals surface area contributed by atoms with Crippen molar-refractivity contribution in [2.24, 2.45) is 7.05 Å². The maximum absolute atomic E-state index is 14.7. The van der Waals surface area contributed by atoms with E-state index >= 15 is 0 Å². The number of pyridine rings is 1. The molecule has 7 rings (SSSR count). The van der Waals surface area contributed by atoms with Crippen LogP contribution in [0.3, 0.4) is 0 Å². The predicted molar refractivity (Wildman–Crippen MR) is 195 cm³/mol. The number of amides is 1. The first-order valence-corrected chi connectivity index (χ1v) is 18.2. The summed E-state index contributed by atoms with van der Waals surface area (Å²) in [7, 11) is -2.48. The SMILES string of the molecule is CC(C)n1ncc2cc(-c3c(-c4cnn(C)c4)n(S(=O)(=O)c4ccccc4)c4ncc(C=O)c(NC5CC(NC(=O)OC(C)(C)C)C5)c34)ccc21. The van der Waals surface area contributed by atoms with E-state index in [9.17, 15) is 18.0 Å². The maximum Gasteiger partial charge on any atom is 0.407 e. The van der Waals surface area contributed by atoms with Crippen LogP contribution in [0, 0.1) is 0 Å². The van der Waals surface area contributed by atoms with Crippen molar-refractivity contribution < 1.29 is 22.7 Å². The van der Waals surface area contributed by atoms with Crippen molar-refractivity contribution in [3.8, 4) is 22.4 Å². The van der Waals surface area contributed by atoms with Crippen molar-refractivity contribution in [2.45, 2.75) is 76.1 Å². The molecule has 4 aromatic heterocycles. The molecule has 0 radical (unpaired) electrons. The van der Waals surface area contributed by atoms with Crippen LogP contribution >= 0.6 is 0 Å². The number of rotatable bonds is 9. The Kier molecular flexibility index (Phi) is 8.44. The molecule has 1 amide bonds. The standard InChI is InChI=1S/C37H40N8O5S/c1-22(2)44-30-13-12-23(14-24(30)18-40-44)31-32-33(41-27-15-28(16-27)42-36(47)50-37(3,4)5)26(21-46)17-38-35(32)45(34(31)25-19-39-43(6)20-25)51(48,49)29-10-8-7-9-11-29/h7-14,17-22,27-28H,15-16H2,1-6H3,(H,38,41)(H,42,47). The van der Waals surface area contributed by atoms with Gasteiger partial charge in [-0.1, -0.05) is 24.3 Å². The Hall–Kier alpha value is -5.50. The largest absolute Gasteiger partial charge is 0.444 e. The minimum Gasteiger partial charge on any atom is -0.444 e. The maximum atomic E-state index is 14.7. The van der Waals surface area contributed by atoms with Gasteiger partial charge in [0.05, 0.1) is 45.1 Å². The van der Waals surface area contributed by atoms with Crippen LogP contribution < -0.4 is 10.6 Å². The molecule has 51 heavy (non-hydrogen) atoms. The molecule has 0 bridgehead atoms. The molecule has 2 N–H and O–H groups in total.